The van der Waals surface area contributed by atoms with E-state index in [1.807, 2.05) is 0 Å². The molecule has 0 bridgehead atoms. The van der Waals surface area contributed by atoms with E-state index in [0.29, 0.717) is 12.8 Å². The second-order valence-electron chi connectivity index (χ2n) is 7.98. The number of aromatic nitrogens is 1. The number of carboxylic acid groups (broad SMARTS) is 1. The Kier molecular flexibility index (Phi) is 4.42. The number of rotatable bonds is 3. The maximum Gasteiger partial charge on any atom is 0.419 e. The molecule has 0 spiro atoms. The summed E-state index contributed by atoms with van der Waals surface area (Å²) in [4.78, 5) is 24.2. The highest BCUT2D eigenvalue weighted by Gasteiger charge is 2.40. The number of carboxylic acids is 1. The summed E-state index contributed by atoms with van der Waals surface area (Å²) in [6.45, 7) is 0.0526. The molecule has 10 heteroatoms. The normalized spacial score (nSPS) is 15.9. The quantitative estimate of drug-likeness (QED) is 0.573. The molecule has 5 nitrogen and oxygen atoms in total. The molecule has 0 saturated heterocycles. The minimum atomic E-state index is -5.02. The molecule has 1 aliphatic heterocycles. The van der Waals surface area contributed by atoms with E-state index in [4.69, 9.17) is 0 Å². The van der Waals surface area contributed by atoms with Crippen molar-refractivity contribution in [2.75, 3.05) is 0 Å². The molecule has 32 heavy (non-hydrogen) atoms. The number of pyridine rings is 1. The van der Waals surface area contributed by atoms with Crippen molar-refractivity contribution >= 4 is 16.9 Å². The molecule has 1 saturated carbocycles. The van der Waals surface area contributed by atoms with Crippen molar-refractivity contribution in [1.82, 2.24) is 9.88 Å². The Morgan fingerprint density at radius 3 is 2.41 bits per heavy atom. The average molecular weight is 450 g/mol. The van der Waals surface area contributed by atoms with Crippen molar-refractivity contribution in [2.24, 2.45) is 0 Å². The van der Waals surface area contributed by atoms with Crippen molar-refractivity contribution in [2.45, 2.75) is 38.1 Å². The first-order valence-corrected chi connectivity index (χ1v) is 9.82. The Bertz CT molecular complexity index is 1370. The lowest BCUT2D eigenvalue weighted by Gasteiger charge is -2.21. The zero-order chi connectivity index (χ0) is 22.9. The molecule has 1 aliphatic carbocycles. The lowest BCUT2D eigenvalue weighted by Crippen LogP contribution is -2.21. The number of hydrogen-bond donors (Lipinski definition) is 2. The van der Waals surface area contributed by atoms with Crippen molar-refractivity contribution < 1.29 is 31.9 Å². The predicted octanol–water partition coefficient (Wildman–Crippen LogP) is 4.60. The van der Waals surface area contributed by atoms with Gasteiger partial charge in [-0.3, -0.25) is 4.79 Å². The molecule has 2 N–H and O–H groups in total. The van der Waals surface area contributed by atoms with Crippen LogP contribution >= 0.6 is 0 Å². The van der Waals surface area contributed by atoms with Crippen LogP contribution in [0.5, 0.6) is 0 Å². The molecule has 2 aromatic carbocycles. The van der Waals surface area contributed by atoms with Crippen molar-refractivity contribution in [3.63, 3.8) is 0 Å². The van der Waals surface area contributed by atoms with Crippen molar-refractivity contribution in [3.8, 4) is 11.1 Å². The summed E-state index contributed by atoms with van der Waals surface area (Å²) in [6, 6.07) is 2.28. The first-order valence-electron chi connectivity index (χ1n) is 9.82. The summed E-state index contributed by atoms with van der Waals surface area (Å²) in [5, 5.41) is 11.7. The summed E-state index contributed by atoms with van der Waals surface area (Å²) in [6.07, 6.45) is -3.10. The number of aromatic carboxylic acids is 1. The van der Waals surface area contributed by atoms with Gasteiger partial charge in [0.25, 0.3) is 0 Å². The monoisotopic (exact) mass is 450 g/mol. The van der Waals surface area contributed by atoms with E-state index in [0.717, 1.165) is 29.0 Å². The molecule has 5 rings (SSSR count). The number of hydrogen-bond acceptors (Lipinski definition) is 3. The fourth-order valence-corrected chi connectivity index (χ4v) is 4.35. The van der Waals surface area contributed by atoms with Gasteiger partial charge in [-0.25, -0.2) is 13.6 Å². The zero-order valence-electron chi connectivity index (χ0n) is 16.3. The van der Waals surface area contributed by atoms with Crippen LogP contribution in [0.15, 0.2) is 29.2 Å². The minimum Gasteiger partial charge on any atom is -0.477 e. The van der Waals surface area contributed by atoms with Crippen molar-refractivity contribution in [1.29, 1.82) is 0 Å². The Morgan fingerprint density at radius 1 is 1.09 bits per heavy atom. The standard InChI is InChI=1S/C22H15F5N2O3/c23-16-5-12(18(24)14-7-28-6-13(14)16)10-3-4-11-19(17(10)22(25,26)27)29(9-1-2-9)8-15(20(11)30)21(31)32/h3-5,8-9,28H,1-2,6-7H2,(H,31,32). The first kappa shape index (κ1) is 20.6. The molecule has 166 valence electrons. The third-order valence-corrected chi connectivity index (χ3v) is 5.97. The van der Waals surface area contributed by atoms with Gasteiger partial charge in [0, 0.05) is 47.4 Å². The number of nitrogens with zero attached hydrogens (tertiary/aromatic N) is 1. The third kappa shape index (κ3) is 3.01. The predicted molar refractivity (Wildman–Crippen MR) is 104 cm³/mol. The Labute approximate surface area is 177 Å². The number of fused-ring (bicyclic) bond motifs is 2. The second kappa shape index (κ2) is 6.86. The van der Waals surface area contributed by atoms with Crippen LogP contribution in [0.3, 0.4) is 0 Å². The fraction of sp³-hybridized carbons (Fsp3) is 0.273. The summed E-state index contributed by atoms with van der Waals surface area (Å²) < 4.78 is 74.0. The van der Waals surface area contributed by atoms with E-state index >= 15 is 4.39 Å². The second-order valence-corrected chi connectivity index (χ2v) is 7.98. The van der Waals surface area contributed by atoms with Gasteiger partial charge in [0.1, 0.15) is 17.2 Å². The highest BCUT2D eigenvalue weighted by molar-refractivity contribution is 5.96. The molecule has 2 aliphatic rings. The van der Waals surface area contributed by atoms with Gasteiger partial charge in [-0.2, -0.15) is 13.2 Å². The van der Waals surface area contributed by atoms with Gasteiger partial charge in [-0.15, -0.1) is 0 Å². The maximum absolute atomic E-state index is 15.2. The zero-order valence-corrected chi connectivity index (χ0v) is 16.3. The molecule has 1 fully saturated rings. The van der Waals surface area contributed by atoms with Crippen molar-refractivity contribution in [3.05, 3.63) is 68.5 Å². The molecule has 0 radical (unpaired) electrons. The van der Waals surface area contributed by atoms with E-state index in [-0.39, 0.29) is 24.2 Å². The molecule has 2 heterocycles. The molecular weight excluding hydrogens is 435 g/mol. The number of halogens is 5. The van der Waals surface area contributed by atoms with Crippen LogP contribution in [0.1, 0.15) is 45.9 Å². The SMILES string of the molecule is O=C(O)c1cn(C2CC2)c2c(C(F)(F)F)c(-c3cc(F)c4c(c3F)CNC4)ccc2c1=O. The molecule has 1 aromatic heterocycles. The molecular formula is C22H15F5N2O3. The van der Waals surface area contributed by atoms with Crippen LogP contribution in [0, 0.1) is 11.6 Å². The number of nitrogens with one attached hydrogen (secondary N) is 1. The maximum atomic E-state index is 15.2. The summed E-state index contributed by atoms with van der Waals surface area (Å²) >= 11 is 0. The Balaban J connectivity index is 1.92. The van der Waals surface area contributed by atoms with E-state index < -0.39 is 68.4 Å². The highest BCUT2D eigenvalue weighted by atomic mass is 19.4. The number of alkyl halides is 3. The number of carbonyl (C=O) groups is 1. The largest absolute Gasteiger partial charge is 0.477 e. The van der Waals surface area contributed by atoms with Gasteiger partial charge in [-0.1, -0.05) is 6.07 Å². The summed E-state index contributed by atoms with van der Waals surface area (Å²) in [5.41, 5.74) is -4.65. The van der Waals surface area contributed by atoms with E-state index in [1.165, 1.54) is 0 Å². The molecule has 0 unspecified atom stereocenters. The van der Waals surface area contributed by atoms with Gasteiger partial charge in [-0.05, 0) is 30.5 Å². The first-order chi connectivity index (χ1) is 15.1. The van der Waals surface area contributed by atoms with Gasteiger partial charge < -0.3 is 15.0 Å². The summed E-state index contributed by atoms with van der Waals surface area (Å²) in [5.74, 6) is -3.34. The van der Waals surface area contributed by atoms with Crippen LogP contribution < -0.4 is 10.7 Å². The molecule has 0 atom stereocenters. The van der Waals surface area contributed by atoms with E-state index in [1.54, 1.807) is 0 Å². The van der Waals surface area contributed by atoms with Gasteiger partial charge in [0.05, 0.1) is 11.1 Å². The van der Waals surface area contributed by atoms with Crippen LogP contribution in [-0.2, 0) is 19.3 Å². The lowest BCUT2D eigenvalue weighted by atomic mass is 9.92. The van der Waals surface area contributed by atoms with Crippen LogP contribution in [-0.4, -0.2) is 15.6 Å². The summed E-state index contributed by atoms with van der Waals surface area (Å²) in [7, 11) is 0. The van der Waals surface area contributed by atoms with Crippen LogP contribution in [0.4, 0.5) is 22.0 Å². The molecule has 0 amide bonds. The minimum absolute atomic E-state index is 0.0182. The lowest BCUT2D eigenvalue weighted by molar-refractivity contribution is -0.136. The smallest absolute Gasteiger partial charge is 0.419 e. The fourth-order valence-electron chi connectivity index (χ4n) is 4.35. The third-order valence-electron chi connectivity index (χ3n) is 5.97. The van der Waals surface area contributed by atoms with Crippen LogP contribution in [0.25, 0.3) is 22.0 Å². The highest BCUT2D eigenvalue weighted by Crippen LogP contribution is 2.46. The topological polar surface area (TPSA) is 71.3 Å². The van der Waals surface area contributed by atoms with E-state index in [9.17, 15) is 32.3 Å². The van der Waals surface area contributed by atoms with Gasteiger partial charge in [0.2, 0.25) is 5.43 Å². The van der Waals surface area contributed by atoms with E-state index in [2.05, 4.69) is 5.32 Å². The average Bonchev–Trinajstić information content (AvgIpc) is 3.43. The molecule has 3 aromatic rings. The van der Waals surface area contributed by atoms with Gasteiger partial charge in [0.15, 0.2) is 0 Å². The van der Waals surface area contributed by atoms with Crippen LogP contribution in [0.2, 0.25) is 0 Å². The van der Waals surface area contributed by atoms with Gasteiger partial charge >= 0.3 is 12.1 Å². The Morgan fingerprint density at radius 2 is 1.78 bits per heavy atom. The Hall–Kier alpha value is -3.27. The number of benzene rings is 2.